The lowest BCUT2D eigenvalue weighted by Gasteiger charge is -2.21. The van der Waals surface area contributed by atoms with Gasteiger partial charge in [-0.05, 0) is 17.7 Å². The number of aliphatic imine (C=N–C) groups is 1. The maximum atomic E-state index is 12.7. The number of rotatable bonds is 1. The summed E-state index contributed by atoms with van der Waals surface area (Å²) in [6.45, 7) is 1.44. The largest absolute Gasteiger partial charge is 0.370 e. The second-order valence-electron chi connectivity index (χ2n) is 3.36. The van der Waals surface area contributed by atoms with Crippen LogP contribution in [-0.2, 0) is 0 Å². The molecular weight excluding hydrogens is 181 g/mol. The fourth-order valence-electron chi connectivity index (χ4n) is 1.51. The predicted octanol–water partition coefficient (Wildman–Crippen LogP) is 0.827. The monoisotopic (exact) mass is 193 g/mol. The van der Waals surface area contributed by atoms with Gasteiger partial charge >= 0.3 is 0 Å². The van der Waals surface area contributed by atoms with Crippen molar-refractivity contribution in [1.29, 1.82) is 0 Å². The van der Waals surface area contributed by atoms with Crippen LogP contribution in [0.4, 0.5) is 4.39 Å². The average Bonchev–Trinajstić information content (AvgIpc) is 2.21. The summed E-state index contributed by atoms with van der Waals surface area (Å²) >= 11 is 0. The van der Waals surface area contributed by atoms with E-state index in [1.54, 1.807) is 12.1 Å². The standard InChI is InChI=1S/C10H12FN3/c11-9-3-1-7(2-4-9)8-5-13-10(12)14-6-8/h1-4,8H,5-6H2,(H3,12,13,14). The lowest BCUT2D eigenvalue weighted by atomic mass is 9.98. The van der Waals surface area contributed by atoms with Crippen molar-refractivity contribution < 1.29 is 4.39 Å². The van der Waals surface area contributed by atoms with E-state index in [0.29, 0.717) is 18.4 Å². The van der Waals surface area contributed by atoms with E-state index in [-0.39, 0.29) is 5.82 Å². The topological polar surface area (TPSA) is 50.4 Å². The van der Waals surface area contributed by atoms with Gasteiger partial charge in [-0.1, -0.05) is 12.1 Å². The average molecular weight is 193 g/mol. The maximum absolute atomic E-state index is 12.7. The highest BCUT2D eigenvalue weighted by molar-refractivity contribution is 5.78. The molecule has 74 valence electrons. The van der Waals surface area contributed by atoms with Gasteiger partial charge in [-0.2, -0.15) is 0 Å². The second kappa shape index (κ2) is 3.65. The van der Waals surface area contributed by atoms with Gasteiger partial charge < -0.3 is 11.1 Å². The number of nitrogens with two attached hydrogens (primary N) is 1. The third kappa shape index (κ3) is 1.84. The Hall–Kier alpha value is -1.58. The summed E-state index contributed by atoms with van der Waals surface area (Å²) in [6, 6.07) is 6.52. The fraction of sp³-hybridized carbons (Fsp3) is 0.300. The Morgan fingerprint density at radius 1 is 1.36 bits per heavy atom. The molecule has 0 aromatic heterocycles. The summed E-state index contributed by atoms with van der Waals surface area (Å²) in [5.74, 6) is 0.576. The van der Waals surface area contributed by atoms with E-state index in [1.165, 1.54) is 12.1 Å². The van der Waals surface area contributed by atoms with Gasteiger partial charge in [0, 0.05) is 12.5 Å². The minimum atomic E-state index is -0.208. The summed E-state index contributed by atoms with van der Waals surface area (Å²) in [5.41, 5.74) is 6.57. The number of halogens is 1. The van der Waals surface area contributed by atoms with Crippen molar-refractivity contribution in [1.82, 2.24) is 5.32 Å². The summed E-state index contributed by atoms with van der Waals surface area (Å²) in [4.78, 5) is 4.10. The van der Waals surface area contributed by atoms with Crippen LogP contribution < -0.4 is 11.1 Å². The van der Waals surface area contributed by atoms with Crippen LogP contribution in [0.25, 0.3) is 0 Å². The summed E-state index contributed by atoms with van der Waals surface area (Å²) in [5, 5.41) is 2.98. The predicted molar refractivity (Wildman–Crippen MR) is 53.6 cm³/mol. The highest BCUT2D eigenvalue weighted by atomic mass is 19.1. The molecule has 0 aliphatic carbocycles. The van der Waals surface area contributed by atoms with E-state index >= 15 is 0 Å². The van der Waals surface area contributed by atoms with E-state index in [2.05, 4.69) is 10.3 Å². The number of nitrogens with one attached hydrogen (secondary N) is 1. The van der Waals surface area contributed by atoms with Crippen molar-refractivity contribution in [3.63, 3.8) is 0 Å². The molecule has 1 heterocycles. The SMILES string of the molecule is NC1=NCC(c2ccc(F)cc2)CN1. The molecule has 1 aliphatic heterocycles. The molecule has 0 fully saturated rings. The molecule has 0 amide bonds. The molecule has 0 saturated heterocycles. The van der Waals surface area contributed by atoms with Crippen LogP contribution in [0.3, 0.4) is 0 Å². The number of guanidine groups is 1. The smallest absolute Gasteiger partial charge is 0.188 e. The quantitative estimate of drug-likeness (QED) is 0.694. The number of hydrogen-bond donors (Lipinski definition) is 2. The lowest BCUT2D eigenvalue weighted by molar-refractivity contribution is 0.615. The molecule has 1 atom stereocenters. The molecule has 4 heteroatoms. The molecule has 2 rings (SSSR count). The molecule has 0 saturated carbocycles. The van der Waals surface area contributed by atoms with Crippen LogP contribution in [0.2, 0.25) is 0 Å². The summed E-state index contributed by atoms with van der Waals surface area (Å²) in [7, 11) is 0. The van der Waals surface area contributed by atoms with Gasteiger partial charge in [0.25, 0.3) is 0 Å². The fourth-order valence-corrected chi connectivity index (χ4v) is 1.51. The molecule has 3 nitrogen and oxygen atoms in total. The van der Waals surface area contributed by atoms with Crippen LogP contribution in [0.5, 0.6) is 0 Å². The molecule has 0 radical (unpaired) electrons. The van der Waals surface area contributed by atoms with Crippen molar-refractivity contribution in [2.75, 3.05) is 13.1 Å². The van der Waals surface area contributed by atoms with Crippen molar-refractivity contribution in [3.8, 4) is 0 Å². The van der Waals surface area contributed by atoms with Crippen LogP contribution in [0.15, 0.2) is 29.3 Å². The molecule has 1 aromatic rings. The first-order chi connectivity index (χ1) is 6.75. The first-order valence-electron chi connectivity index (χ1n) is 4.55. The molecule has 0 bridgehead atoms. The van der Waals surface area contributed by atoms with Gasteiger partial charge in [0.15, 0.2) is 5.96 Å². The van der Waals surface area contributed by atoms with Gasteiger partial charge in [-0.3, -0.25) is 4.99 Å². The molecular formula is C10H12FN3. The van der Waals surface area contributed by atoms with Gasteiger partial charge in [0.1, 0.15) is 5.82 Å². The Balaban J connectivity index is 2.13. The molecule has 1 aromatic carbocycles. The summed E-state index contributed by atoms with van der Waals surface area (Å²) in [6.07, 6.45) is 0. The van der Waals surface area contributed by atoms with Crippen LogP contribution >= 0.6 is 0 Å². The number of benzene rings is 1. The van der Waals surface area contributed by atoms with E-state index in [1.807, 2.05) is 0 Å². The molecule has 1 unspecified atom stereocenters. The Kier molecular flexibility index (Phi) is 2.35. The van der Waals surface area contributed by atoms with Gasteiger partial charge in [-0.15, -0.1) is 0 Å². The van der Waals surface area contributed by atoms with Crippen LogP contribution in [0, 0.1) is 5.82 Å². The highest BCUT2D eigenvalue weighted by Crippen LogP contribution is 2.17. The Morgan fingerprint density at radius 2 is 2.07 bits per heavy atom. The van der Waals surface area contributed by atoms with Gasteiger partial charge in [0.05, 0.1) is 6.54 Å². The Bertz CT molecular complexity index is 345. The maximum Gasteiger partial charge on any atom is 0.188 e. The summed E-state index contributed by atoms with van der Waals surface area (Å²) < 4.78 is 12.7. The van der Waals surface area contributed by atoms with Crippen molar-refractivity contribution in [3.05, 3.63) is 35.6 Å². The Morgan fingerprint density at radius 3 is 2.64 bits per heavy atom. The van der Waals surface area contributed by atoms with Crippen molar-refractivity contribution in [2.24, 2.45) is 10.7 Å². The van der Waals surface area contributed by atoms with Crippen LogP contribution in [-0.4, -0.2) is 19.0 Å². The first kappa shape index (κ1) is 8.99. The molecule has 0 spiro atoms. The van der Waals surface area contributed by atoms with E-state index in [4.69, 9.17) is 5.73 Å². The van der Waals surface area contributed by atoms with Crippen molar-refractivity contribution in [2.45, 2.75) is 5.92 Å². The zero-order chi connectivity index (χ0) is 9.97. The minimum Gasteiger partial charge on any atom is -0.370 e. The van der Waals surface area contributed by atoms with E-state index in [9.17, 15) is 4.39 Å². The van der Waals surface area contributed by atoms with Crippen LogP contribution in [0.1, 0.15) is 11.5 Å². The minimum absolute atomic E-state index is 0.208. The second-order valence-corrected chi connectivity index (χ2v) is 3.36. The lowest BCUT2D eigenvalue weighted by Crippen LogP contribution is -2.39. The molecule has 1 aliphatic rings. The zero-order valence-corrected chi connectivity index (χ0v) is 7.70. The number of hydrogen-bond acceptors (Lipinski definition) is 3. The zero-order valence-electron chi connectivity index (χ0n) is 7.70. The third-order valence-electron chi connectivity index (χ3n) is 2.35. The van der Waals surface area contributed by atoms with E-state index in [0.717, 1.165) is 12.1 Å². The third-order valence-corrected chi connectivity index (χ3v) is 2.35. The molecule has 14 heavy (non-hydrogen) atoms. The Labute approximate surface area is 81.8 Å². The molecule has 3 N–H and O–H groups in total. The van der Waals surface area contributed by atoms with Gasteiger partial charge in [-0.25, -0.2) is 4.39 Å². The van der Waals surface area contributed by atoms with E-state index < -0.39 is 0 Å². The number of nitrogens with zero attached hydrogens (tertiary/aromatic N) is 1. The highest BCUT2D eigenvalue weighted by Gasteiger charge is 2.15. The first-order valence-corrected chi connectivity index (χ1v) is 4.55. The van der Waals surface area contributed by atoms with Gasteiger partial charge in [0.2, 0.25) is 0 Å². The normalized spacial score (nSPS) is 21.2. The van der Waals surface area contributed by atoms with Crippen molar-refractivity contribution >= 4 is 5.96 Å².